The van der Waals surface area contributed by atoms with Gasteiger partial charge in [0.2, 0.25) is 0 Å². The van der Waals surface area contributed by atoms with E-state index >= 15 is 0 Å². The van der Waals surface area contributed by atoms with Crippen molar-refractivity contribution in [2.24, 2.45) is 0 Å². The minimum absolute atomic E-state index is 0.117. The molecule has 0 radical (unpaired) electrons. The zero-order valence-corrected chi connectivity index (χ0v) is 26.7. The van der Waals surface area contributed by atoms with Gasteiger partial charge in [0.15, 0.2) is 0 Å². The summed E-state index contributed by atoms with van der Waals surface area (Å²) in [5.74, 6) is 0.444. The van der Waals surface area contributed by atoms with Gasteiger partial charge in [-0.15, -0.1) is 0 Å². The fourth-order valence-corrected chi connectivity index (χ4v) is 6.73. The van der Waals surface area contributed by atoms with E-state index in [2.05, 4.69) is 104 Å². The number of benzene rings is 2. The molecule has 2 aliphatic rings. The van der Waals surface area contributed by atoms with E-state index in [4.69, 9.17) is 4.98 Å². The highest BCUT2D eigenvalue weighted by Crippen LogP contribution is 2.45. The smallest absolute Gasteiger partial charge is 0.126 e. The van der Waals surface area contributed by atoms with Crippen LogP contribution in [-0.4, -0.2) is 10.1 Å². The minimum atomic E-state index is -0.120. The monoisotopic (exact) mass is 547 g/mol. The molecule has 1 heterocycles. The van der Waals surface area contributed by atoms with Gasteiger partial charge in [0.25, 0.3) is 0 Å². The Morgan fingerprint density at radius 1 is 0.610 bits per heavy atom. The summed E-state index contributed by atoms with van der Waals surface area (Å²) < 4.78 is 0. The third-order valence-electron chi connectivity index (χ3n) is 8.98. The van der Waals surface area contributed by atoms with Gasteiger partial charge in [-0.2, -0.15) is 0 Å². The predicted octanol–water partition coefficient (Wildman–Crippen LogP) is 11.0. The number of allylic oxidation sites excluding steroid dienone is 4. The van der Waals surface area contributed by atoms with Gasteiger partial charge in [-0.1, -0.05) is 77.4 Å². The number of nitrogens with zero attached hydrogens (tertiary/aromatic N) is 1. The summed E-state index contributed by atoms with van der Waals surface area (Å²) in [6, 6.07) is 18.1. The Labute approximate surface area is 248 Å². The van der Waals surface area contributed by atoms with Crippen molar-refractivity contribution in [3.8, 4) is 5.75 Å². The van der Waals surface area contributed by atoms with Crippen LogP contribution in [0.4, 0.5) is 0 Å². The molecule has 0 unspecified atom stereocenters. The number of hydrogen-bond donors (Lipinski definition) is 1. The molecule has 0 fully saturated rings. The summed E-state index contributed by atoms with van der Waals surface area (Å²) in [7, 11) is 0. The molecule has 2 aromatic carbocycles. The molecule has 41 heavy (non-hydrogen) atoms. The maximum atomic E-state index is 11.5. The summed E-state index contributed by atoms with van der Waals surface area (Å²) in [5.41, 5.74) is 15.0. The van der Waals surface area contributed by atoms with Crippen LogP contribution in [0.2, 0.25) is 0 Å². The highest BCUT2D eigenvalue weighted by atomic mass is 16.3. The molecule has 0 amide bonds. The van der Waals surface area contributed by atoms with Gasteiger partial charge in [0, 0.05) is 11.1 Å². The second-order valence-corrected chi connectivity index (χ2v) is 14.5. The average Bonchev–Trinajstić information content (AvgIpc) is 2.93. The molecular weight excluding hydrogens is 498 g/mol. The second-order valence-electron chi connectivity index (χ2n) is 14.5. The first-order valence-corrected chi connectivity index (χ1v) is 15.7. The Balaban J connectivity index is 1.65. The summed E-state index contributed by atoms with van der Waals surface area (Å²) in [4.78, 5) is 5.39. The first-order valence-electron chi connectivity index (χ1n) is 15.7. The number of phenols is 1. The van der Waals surface area contributed by atoms with Crippen molar-refractivity contribution in [1.29, 1.82) is 0 Å². The highest BCUT2D eigenvalue weighted by molar-refractivity contribution is 5.94. The zero-order chi connectivity index (χ0) is 29.5. The Kier molecular flexibility index (Phi) is 8.07. The van der Waals surface area contributed by atoms with E-state index in [1.807, 2.05) is 0 Å². The van der Waals surface area contributed by atoms with Gasteiger partial charge in [0.1, 0.15) is 5.75 Å². The SMILES string of the molecule is Cc1cc(C2=C(c3cccc(C4=C(c5cc(C)cc(C(C)(C)C)c5O)CCCC4)n3)CCCC2)cc(C(C)(C)C)c1. The van der Waals surface area contributed by atoms with Gasteiger partial charge in [0.05, 0.1) is 11.4 Å². The summed E-state index contributed by atoms with van der Waals surface area (Å²) >= 11 is 0. The van der Waals surface area contributed by atoms with E-state index in [1.54, 1.807) is 0 Å². The van der Waals surface area contributed by atoms with Gasteiger partial charge < -0.3 is 5.11 Å². The van der Waals surface area contributed by atoms with E-state index in [0.717, 1.165) is 61.0 Å². The zero-order valence-electron chi connectivity index (χ0n) is 26.7. The first-order chi connectivity index (χ1) is 19.3. The van der Waals surface area contributed by atoms with Gasteiger partial charge in [-0.3, -0.25) is 0 Å². The van der Waals surface area contributed by atoms with Crippen LogP contribution >= 0.6 is 0 Å². The summed E-state index contributed by atoms with van der Waals surface area (Å²) in [6.45, 7) is 17.8. The Morgan fingerprint density at radius 2 is 1.15 bits per heavy atom. The van der Waals surface area contributed by atoms with Crippen molar-refractivity contribution < 1.29 is 5.11 Å². The van der Waals surface area contributed by atoms with Crippen molar-refractivity contribution in [3.05, 3.63) is 93.3 Å². The van der Waals surface area contributed by atoms with E-state index in [0.29, 0.717) is 5.75 Å². The quantitative estimate of drug-likeness (QED) is 0.352. The molecule has 0 bridgehead atoms. The van der Waals surface area contributed by atoms with Crippen LogP contribution in [0.15, 0.2) is 48.5 Å². The van der Waals surface area contributed by atoms with Crippen molar-refractivity contribution in [1.82, 2.24) is 4.98 Å². The van der Waals surface area contributed by atoms with Crippen LogP contribution < -0.4 is 0 Å². The topological polar surface area (TPSA) is 33.1 Å². The predicted molar refractivity (Wildman–Crippen MR) is 176 cm³/mol. The maximum Gasteiger partial charge on any atom is 0.126 e. The number of rotatable bonds is 4. The van der Waals surface area contributed by atoms with Crippen molar-refractivity contribution in [3.63, 3.8) is 0 Å². The number of aryl methyl sites for hydroxylation is 2. The Bertz CT molecular complexity index is 1520. The maximum absolute atomic E-state index is 11.5. The van der Waals surface area contributed by atoms with Gasteiger partial charge in [-0.25, -0.2) is 4.98 Å². The van der Waals surface area contributed by atoms with Crippen LogP contribution in [0.5, 0.6) is 5.75 Å². The van der Waals surface area contributed by atoms with Crippen LogP contribution in [0.1, 0.15) is 138 Å². The molecule has 2 nitrogen and oxygen atoms in total. The lowest BCUT2D eigenvalue weighted by molar-refractivity contribution is 0.444. The van der Waals surface area contributed by atoms with Gasteiger partial charge >= 0.3 is 0 Å². The number of phenolic OH excluding ortho intramolecular Hbond substituents is 1. The van der Waals surface area contributed by atoms with Crippen molar-refractivity contribution >= 4 is 22.3 Å². The number of hydrogen-bond acceptors (Lipinski definition) is 2. The highest BCUT2D eigenvalue weighted by Gasteiger charge is 2.26. The van der Waals surface area contributed by atoms with Crippen molar-refractivity contribution in [2.75, 3.05) is 0 Å². The average molecular weight is 548 g/mol. The first kappa shape index (κ1) is 29.4. The third kappa shape index (κ3) is 6.22. The third-order valence-corrected chi connectivity index (χ3v) is 8.98. The molecule has 0 saturated carbocycles. The van der Waals surface area contributed by atoms with E-state index in [1.165, 1.54) is 57.4 Å². The lowest BCUT2D eigenvalue weighted by Gasteiger charge is -2.27. The van der Waals surface area contributed by atoms with E-state index in [9.17, 15) is 5.11 Å². The molecule has 5 rings (SSSR count). The van der Waals surface area contributed by atoms with E-state index in [-0.39, 0.29) is 10.8 Å². The van der Waals surface area contributed by atoms with Crippen molar-refractivity contribution in [2.45, 2.75) is 118 Å². The van der Waals surface area contributed by atoms with E-state index < -0.39 is 0 Å². The molecular formula is C39H49NO. The molecule has 2 heteroatoms. The van der Waals surface area contributed by atoms with Crippen LogP contribution in [0.25, 0.3) is 22.3 Å². The molecule has 1 aromatic heterocycles. The molecule has 0 aliphatic heterocycles. The largest absolute Gasteiger partial charge is 0.507 e. The molecule has 216 valence electrons. The number of aromatic hydroxyl groups is 1. The Hall–Kier alpha value is -3.13. The number of pyridine rings is 1. The molecule has 3 aromatic rings. The molecule has 1 N–H and O–H groups in total. The fourth-order valence-electron chi connectivity index (χ4n) is 6.73. The van der Waals surface area contributed by atoms with Crippen LogP contribution in [0.3, 0.4) is 0 Å². The molecule has 2 aliphatic carbocycles. The minimum Gasteiger partial charge on any atom is -0.507 e. The summed E-state index contributed by atoms with van der Waals surface area (Å²) in [6.07, 6.45) is 8.92. The molecule has 0 spiro atoms. The lowest BCUT2D eigenvalue weighted by Crippen LogP contribution is -2.13. The lowest BCUT2D eigenvalue weighted by atomic mass is 9.79. The van der Waals surface area contributed by atoms with Crippen LogP contribution in [-0.2, 0) is 10.8 Å². The standard InChI is InChI=1S/C39H49NO/c1-25-20-27(24-28(21-25)38(3,4)5)29-14-9-11-16-31(29)35-18-13-19-36(40-35)32-17-12-10-15-30(32)33-22-26(2)23-34(37(33)41)39(6,7)8/h13,18-24,41H,9-12,14-17H2,1-8H3. The molecule has 0 atom stereocenters. The second kappa shape index (κ2) is 11.3. The summed E-state index contributed by atoms with van der Waals surface area (Å²) in [5, 5.41) is 11.5. The normalized spacial score (nSPS) is 16.9. The fraction of sp³-hybridized carbons (Fsp3) is 0.462. The molecule has 0 saturated heterocycles. The van der Waals surface area contributed by atoms with Crippen LogP contribution in [0, 0.1) is 13.8 Å². The van der Waals surface area contributed by atoms with Gasteiger partial charge in [-0.05, 0) is 133 Å². The Morgan fingerprint density at radius 3 is 1.73 bits per heavy atom. The number of aromatic nitrogens is 1.